The van der Waals surface area contributed by atoms with E-state index in [4.69, 9.17) is 18.9 Å². The number of carbonyl (C=O) groups excluding carboxylic acids is 2. The van der Waals surface area contributed by atoms with E-state index in [0.29, 0.717) is 18.8 Å². The predicted octanol–water partition coefficient (Wildman–Crippen LogP) is 3.45. The Kier molecular flexibility index (Phi) is 9.87. The third kappa shape index (κ3) is 9.02. The van der Waals surface area contributed by atoms with Crippen LogP contribution in [-0.2, 0) is 30.2 Å². The summed E-state index contributed by atoms with van der Waals surface area (Å²) in [5.74, 6) is 0.140. The maximum absolute atomic E-state index is 11.5. The van der Waals surface area contributed by atoms with Crippen molar-refractivity contribution >= 4 is 11.8 Å². The highest BCUT2D eigenvalue weighted by Gasteiger charge is 2.13. The molecule has 2 rings (SSSR count). The number of carbonyl (C=O) groups is 2. The van der Waals surface area contributed by atoms with E-state index in [-0.39, 0.29) is 31.7 Å². The molecule has 6 heteroatoms. The maximum Gasteiger partial charge on any atom is 0.313 e. The van der Waals surface area contributed by atoms with E-state index >= 15 is 0 Å². The van der Waals surface area contributed by atoms with Crippen LogP contribution in [0.2, 0.25) is 0 Å². The summed E-state index contributed by atoms with van der Waals surface area (Å²) in [6, 6.07) is 7.77. The van der Waals surface area contributed by atoms with Crippen LogP contribution in [-0.4, -0.2) is 44.5 Å². The van der Waals surface area contributed by atoms with E-state index in [1.165, 1.54) is 12.0 Å². The molecule has 1 aliphatic rings. The topological polar surface area (TPSA) is 71.1 Å². The Morgan fingerprint density at radius 2 is 1.93 bits per heavy atom. The summed E-state index contributed by atoms with van der Waals surface area (Å²) < 4.78 is 21.8. The lowest BCUT2D eigenvalue weighted by atomic mass is 10.1. The molecule has 6 nitrogen and oxygen atoms in total. The van der Waals surface area contributed by atoms with Gasteiger partial charge in [-0.1, -0.05) is 19.1 Å². The van der Waals surface area contributed by atoms with Crippen LogP contribution in [0.1, 0.15) is 51.0 Å². The number of hydrogen-bond donors (Lipinski definition) is 0. The molecule has 1 aliphatic heterocycles. The third-order valence-electron chi connectivity index (χ3n) is 4.24. The summed E-state index contributed by atoms with van der Waals surface area (Å²) in [6.45, 7) is 3.73. The molecule has 1 heterocycles. The first kappa shape index (κ1) is 21.4. The number of Topliss-reactive ketones (excluding diaryl/α,β-unsaturated/α-hetero) is 1. The Hall–Kier alpha value is -1.92. The fourth-order valence-electron chi connectivity index (χ4n) is 2.80. The molecule has 1 aromatic carbocycles. The summed E-state index contributed by atoms with van der Waals surface area (Å²) in [5.41, 5.74) is 1.17. The zero-order valence-electron chi connectivity index (χ0n) is 16.1. The van der Waals surface area contributed by atoms with Gasteiger partial charge < -0.3 is 18.9 Å². The number of ether oxygens (including phenoxy) is 4. The number of esters is 1. The van der Waals surface area contributed by atoms with Crippen molar-refractivity contribution in [1.82, 2.24) is 0 Å². The summed E-state index contributed by atoms with van der Waals surface area (Å²) in [6.07, 6.45) is 5.03. The number of ketones is 1. The largest absolute Gasteiger partial charge is 0.490 e. The first-order valence-corrected chi connectivity index (χ1v) is 9.79. The zero-order valence-corrected chi connectivity index (χ0v) is 16.1. The first-order chi connectivity index (χ1) is 13.2. The second-order valence-corrected chi connectivity index (χ2v) is 6.60. The van der Waals surface area contributed by atoms with Gasteiger partial charge in [0, 0.05) is 13.0 Å². The van der Waals surface area contributed by atoms with E-state index in [2.05, 4.69) is 0 Å². The SMILES string of the molecule is CCCC(=O)CC(=O)OCCOc1ccc(CCOC2CCCCO2)cc1. The van der Waals surface area contributed by atoms with Crippen LogP contribution in [0.15, 0.2) is 24.3 Å². The summed E-state index contributed by atoms with van der Waals surface area (Å²) >= 11 is 0. The lowest BCUT2D eigenvalue weighted by molar-refractivity contribution is -0.161. The highest BCUT2D eigenvalue weighted by Crippen LogP contribution is 2.15. The van der Waals surface area contributed by atoms with Gasteiger partial charge in [-0.3, -0.25) is 9.59 Å². The molecule has 0 aliphatic carbocycles. The number of hydrogen-bond acceptors (Lipinski definition) is 6. The second kappa shape index (κ2) is 12.5. The Balaban J connectivity index is 1.57. The van der Waals surface area contributed by atoms with Crippen molar-refractivity contribution < 1.29 is 28.5 Å². The van der Waals surface area contributed by atoms with Gasteiger partial charge >= 0.3 is 5.97 Å². The molecule has 1 unspecified atom stereocenters. The van der Waals surface area contributed by atoms with Crippen LogP contribution in [0.5, 0.6) is 5.75 Å². The van der Waals surface area contributed by atoms with E-state index < -0.39 is 5.97 Å². The van der Waals surface area contributed by atoms with Crippen LogP contribution in [0.4, 0.5) is 0 Å². The Morgan fingerprint density at radius 1 is 1.11 bits per heavy atom. The van der Waals surface area contributed by atoms with Crippen LogP contribution in [0.25, 0.3) is 0 Å². The van der Waals surface area contributed by atoms with Crippen molar-refractivity contribution in [3.63, 3.8) is 0 Å². The molecule has 27 heavy (non-hydrogen) atoms. The molecule has 1 fully saturated rings. The zero-order chi connectivity index (χ0) is 19.3. The van der Waals surface area contributed by atoms with Crippen LogP contribution in [0, 0.1) is 0 Å². The Labute approximate surface area is 161 Å². The fourth-order valence-corrected chi connectivity index (χ4v) is 2.80. The van der Waals surface area contributed by atoms with Crippen LogP contribution < -0.4 is 4.74 Å². The van der Waals surface area contributed by atoms with Crippen molar-refractivity contribution in [1.29, 1.82) is 0 Å². The lowest BCUT2D eigenvalue weighted by Gasteiger charge is -2.22. The summed E-state index contributed by atoms with van der Waals surface area (Å²) in [5, 5.41) is 0. The van der Waals surface area contributed by atoms with Crippen molar-refractivity contribution in [2.24, 2.45) is 0 Å². The molecule has 0 spiro atoms. The minimum Gasteiger partial charge on any atom is -0.490 e. The molecule has 0 N–H and O–H groups in total. The predicted molar refractivity (Wildman–Crippen MR) is 101 cm³/mol. The summed E-state index contributed by atoms with van der Waals surface area (Å²) in [4.78, 5) is 22.8. The molecular formula is C21H30O6. The van der Waals surface area contributed by atoms with Crippen molar-refractivity contribution in [2.75, 3.05) is 26.4 Å². The molecule has 1 saturated heterocycles. The average Bonchev–Trinajstić information content (AvgIpc) is 2.67. The van der Waals surface area contributed by atoms with Gasteiger partial charge in [-0.05, 0) is 49.8 Å². The van der Waals surface area contributed by atoms with Gasteiger partial charge in [0.1, 0.15) is 31.2 Å². The van der Waals surface area contributed by atoms with E-state index in [9.17, 15) is 9.59 Å². The van der Waals surface area contributed by atoms with Crippen molar-refractivity contribution in [3.8, 4) is 5.75 Å². The molecule has 150 valence electrons. The molecule has 1 atom stereocenters. The van der Waals surface area contributed by atoms with Gasteiger partial charge in [0.05, 0.1) is 6.61 Å². The Bertz CT molecular complexity index is 563. The average molecular weight is 378 g/mol. The monoisotopic (exact) mass is 378 g/mol. The van der Waals surface area contributed by atoms with E-state index in [1.54, 1.807) is 0 Å². The molecular weight excluding hydrogens is 348 g/mol. The number of rotatable bonds is 12. The van der Waals surface area contributed by atoms with Gasteiger partial charge in [0.25, 0.3) is 0 Å². The molecule has 0 aromatic heterocycles. The van der Waals surface area contributed by atoms with Crippen molar-refractivity contribution in [3.05, 3.63) is 29.8 Å². The van der Waals surface area contributed by atoms with Gasteiger partial charge in [0.2, 0.25) is 0 Å². The third-order valence-corrected chi connectivity index (χ3v) is 4.24. The summed E-state index contributed by atoms with van der Waals surface area (Å²) in [7, 11) is 0. The standard InChI is InChI=1S/C21H30O6/c1-2-5-18(22)16-20(23)25-15-14-24-19-9-7-17(8-10-19)11-13-27-21-6-3-4-12-26-21/h7-10,21H,2-6,11-16H2,1H3. The van der Waals surface area contributed by atoms with Crippen molar-refractivity contribution in [2.45, 2.75) is 58.2 Å². The van der Waals surface area contributed by atoms with Gasteiger partial charge in [0.15, 0.2) is 6.29 Å². The van der Waals surface area contributed by atoms with Gasteiger partial charge in [-0.25, -0.2) is 0 Å². The molecule has 1 aromatic rings. The second-order valence-electron chi connectivity index (χ2n) is 6.60. The molecule has 0 saturated carbocycles. The maximum atomic E-state index is 11.5. The van der Waals surface area contributed by atoms with Gasteiger partial charge in [-0.2, -0.15) is 0 Å². The van der Waals surface area contributed by atoms with Crippen LogP contribution >= 0.6 is 0 Å². The quantitative estimate of drug-likeness (QED) is 0.315. The lowest BCUT2D eigenvalue weighted by Crippen LogP contribution is -2.23. The minimum absolute atomic E-state index is 0.0543. The van der Waals surface area contributed by atoms with E-state index in [0.717, 1.165) is 32.3 Å². The highest BCUT2D eigenvalue weighted by atomic mass is 16.7. The smallest absolute Gasteiger partial charge is 0.313 e. The van der Waals surface area contributed by atoms with Crippen LogP contribution in [0.3, 0.4) is 0 Å². The molecule has 0 amide bonds. The minimum atomic E-state index is -0.491. The highest BCUT2D eigenvalue weighted by molar-refractivity contribution is 5.95. The van der Waals surface area contributed by atoms with E-state index in [1.807, 2.05) is 31.2 Å². The number of benzene rings is 1. The normalized spacial score (nSPS) is 16.7. The fraction of sp³-hybridized carbons (Fsp3) is 0.619. The molecule has 0 bridgehead atoms. The van der Waals surface area contributed by atoms with Gasteiger partial charge in [-0.15, -0.1) is 0 Å². The first-order valence-electron chi connectivity index (χ1n) is 9.79. The Morgan fingerprint density at radius 3 is 2.63 bits per heavy atom. The molecule has 0 radical (unpaired) electrons.